The maximum atomic E-state index is 11.8. The second-order valence-electron chi connectivity index (χ2n) is 3.56. The van der Waals surface area contributed by atoms with E-state index in [0.717, 1.165) is 0 Å². The maximum absolute atomic E-state index is 11.8. The zero-order valence-corrected chi connectivity index (χ0v) is 9.15. The van der Waals surface area contributed by atoms with E-state index in [2.05, 4.69) is 5.32 Å². The average Bonchev–Trinajstić information content (AvgIpc) is 2.19. The van der Waals surface area contributed by atoms with Crippen molar-refractivity contribution in [3.8, 4) is 5.75 Å². The first-order valence-corrected chi connectivity index (χ1v) is 4.81. The molecule has 1 atom stereocenters. The second-order valence-corrected chi connectivity index (χ2v) is 3.56. The minimum atomic E-state index is -0.665. The lowest BCUT2D eigenvalue weighted by Gasteiger charge is -2.12. The Kier molecular flexibility index (Phi) is 3.50. The lowest BCUT2D eigenvalue weighted by Crippen LogP contribution is -2.37. The summed E-state index contributed by atoms with van der Waals surface area (Å²) < 4.78 is 0. The molecule has 0 saturated carbocycles. The number of anilines is 1. The number of nitrogens with two attached hydrogens (primary N) is 1. The Morgan fingerprint density at radius 2 is 2.06 bits per heavy atom. The van der Waals surface area contributed by atoms with Crippen molar-refractivity contribution in [1.82, 2.24) is 5.32 Å². The number of carbonyl (C=O) groups is 2. The van der Waals surface area contributed by atoms with Gasteiger partial charge < -0.3 is 16.2 Å². The molecule has 0 heterocycles. The van der Waals surface area contributed by atoms with Crippen molar-refractivity contribution in [2.45, 2.75) is 19.9 Å². The van der Waals surface area contributed by atoms with Gasteiger partial charge in [0, 0.05) is 18.2 Å². The van der Waals surface area contributed by atoms with Gasteiger partial charge in [-0.3, -0.25) is 9.59 Å². The van der Waals surface area contributed by atoms with Gasteiger partial charge in [0.25, 0.3) is 0 Å². The van der Waals surface area contributed by atoms with Crippen LogP contribution in [-0.4, -0.2) is 22.8 Å². The molecule has 0 aliphatic heterocycles. The number of hydrogen-bond acceptors (Lipinski definition) is 4. The van der Waals surface area contributed by atoms with E-state index in [-0.39, 0.29) is 28.7 Å². The lowest BCUT2D eigenvalue weighted by atomic mass is 10.0. The predicted octanol–water partition coefficient (Wildman–Crippen LogP) is 0.682. The van der Waals surface area contributed by atoms with Crippen LogP contribution in [0.15, 0.2) is 18.2 Å². The highest BCUT2D eigenvalue weighted by atomic mass is 16.3. The quantitative estimate of drug-likeness (QED) is 0.398. The molecule has 1 aromatic rings. The molecule has 4 N–H and O–H groups in total. The van der Waals surface area contributed by atoms with Gasteiger partial charge in [-0.05, 0) is 25.1 Å². The van der Waals surface area contributed by atoms with Gasteiger partial charge in [0.2, 0.25) is 5.91 Å². The van der Waals surface area contributed by atoms with E-state index in [1.807, 2.05) is 0 Å². The first kappa shape index (κ1) is 12.0. The minimum Gasteiger partial charge on any atom is -0.508 e. The number of aromatic hydroxyl groups is 1. The number of benzene rings is 1. The first-order valence-electron chi connectivity index (χ1n) is 4.81. The number of carbonyl (C=O) groups excluding carboxylic acids is 2. The fourth-order valence-corrected chi connectivity index (χ4v) is 1.36. The van der Waals surface area contributed by atoms with E-state index in [9.17, 15) is 14.7 Å². The standard InChI is InChI=1S/C11H14N2O3/c1-6(13-7(2)14)11(16)9-5-8(15)3-4-10(9)12/h3-6,15H,12H2,1-2H3,(H,13,14). The summed E-state index contributed by atoms with van der Waals surface area (Å²) in [6.07, 6.45) is 0. The molecular weight excluding hydrogens is 208 g/mol. The zero-order chi connectivity index (χ0) is 12.3. The Balaban J connectivity index is 2.95. The van der Waals surface area contributed by atoms with Crippen molar-refractivity contribution >= 4 is 17.4 Å². The van der Waals surface area contributed by atoms with Gasteiger partial charge in [-0.25, -0.2) is 0 Å². The van der Waals surface area contributed by atoms with Crippen molar-refractivity contribution in [1.29, 1.82) is 0 Å². The molecule has 0 radical (unpaired) electrons. The first-order chi connectivity index (χ1) is 7.41. The van der Waals surface area contributed by atoms with Gasteiger partial charge in [0.05, 0.1) is 6.04 Å². The predicted molar refractivity (Wildman–Crippen MR) is 60.1 cm³/mol. The van der Waals surface area contributed by atoms with E-state index in [0.29, 0.717) is 0 Å². The zero-order valence-electron chi connectivity index (χ0n) is 9.15. The van der Waals surface area contributed by atoms with Gasteiger partial charge in [-0.15, -0.1) is 0 Å². The Hall–Kier alpha value is -2.04. The number of phenols is 1. The molecule has 0 aliphatic rings. The van der Waals surface area contributed by atoms with Crippen LogP contribution in [0.5, 0.6) is 5.75 Å². The van der Waals surface area contributed by atoms with Crippen LogP contribution in [0.4, 0.5) is 5.69 Å². The van der Waals surface area contributed by atoms with Gasteiger partial charge in [0.15, 0.2) is 5.78 Å². The summed E-state index contributed by atoms with van der Waals surface area (Å²) in [6, 6.07) is 3.47. The summed E-state index contributed by atoms with van der Waals surface area (Å²) >= 11 is 0. The van der Waals surface area contributed by atoms with Crippen molar-refractivity contribution in [2.75, 3.05) is 5.73 Å². The van der Waals surface area contributed by atoms with Gasteiger partial charge in [-0.1, -0.05) is 0 Å². The highest BCUT2D eigenvalue weighted by molar-refractivity contribution is 6.05. The summed E-state index contributed by atoms with van der Waals surface area (Å²) in [5, 5.41) is 11.7. The number of hydrogen-bond donors (Lipinski definition) is 3. The SMILES string of the molecule is CC(=O)NC(C)C(=O)c1cc(O)ccc1N. The molecule has 0 fully saturated rings. The number of phenolic OH excluding ortho intramolecular Hbond substituents is 1. The van der Waals surface area contributed by atoms with Crippen LogP contribution < -0.4 is 11.1 Å². The molecule has 5 nitrogen and oxygen atoms in total. The van der Waals surface area contributed by atoms with E-state index in [1.54, 1.807) is 6.92 Å². The fourth-order valence-electron chi connectivity index (χ4n) is 1.36. The Morgan fingerprint density at radius 1 is 1.44 bits per heavy atom. The van der Waals surface area contributed by atoms with Crippen LogP contribution in [-0.2, 0) is 4.79 Å². The Labute approximate surface area is 93.3 Å². The van der Waals surface area contributed by atoms with Gasteiger partial charge in [0.1, 0.15) is 5.75 Å². The normalized spacial score (nSPS) is 11.9. The summed E-state index contributed by atoms with van der Waals surface area (Å²) in [5.74, 6) is -0.657. The highest BCUT2D eigenvalue weighted by Crippen LogP contribution is 2.19. The molecule has 5 heteroatoms. The van der Waals surface area contributed by atoms with E-state index in [4.69, 9.17) is 5.73 Å². The van der Waals surface area contributed by atoms with E-state index >= 15 is 0 Å². The molecule has 0 bridgehead atoms. The molecule has 0 aliphatic carbocycles. The number of amides is 1. The number of nitrogens with one attached hydrogen (secondary N) is 1. The summed E-state index contributed by atoms with van der Waals surface area (Å²) in [5.41, 5.74) is 6.10. The molecule has 16 heavy (non-hydrogen) atoms. The molecule has 1 rings (SSSR count). The monoisotopic (exact) mass is 222 g/mol. The summed E-state index contributed by atoms with van der Waals surface area (Å²) in [6.45, 7) is 2.89. The number of ketones is 1. The third-order valence-electron chi connectivity index (χ3n) is 2.12. The fraction of sp³-hybridized carbons (Fsp3) is 0.273. The number of Topliss-reactive ketones (excluding diaryl/α,β-unsaturated/α-hetero) is 1. The third-order valence-corrected chi connectivity index (χ3v) is 2.12. The topological polar surface area (TPSA) is 92.4 Å². The maximum Gasteiger partial charge on any atom is 0.217 e. The molecule has 1 unspecified atom stereocenters. The second kappa shape index (κ2) is 4.65. The largest absolute Gasteiger partial charge is 0.508 e. The minimum absolute atomic E-state index is 0.0347. The molecular formula is C11H14N2O3. The molecule has 0 spiro atoms. The lowest BCUT2D eigenvalue weighted by molar-refractivity contribution is -0.119. The smallest absolute Gasteiger partial charge is 0.217 e. The van der Waals surface area contributed by atoms with Crippen LogP contribution in [0.2, 0.25) is 0 Å². The Bertz CT molecular complexity index is 429. The van der Waals surface area contributed by atoms with Crippen LogP contribution in [0.25, 0.3) is 0 Å². The summed E-state index contributed by atoms with van der Waals surface area (Å²) in [4.78, 5) is 22.6. The molecule has 1 aromatic carbocycles. The molecule has 0 saturated heterocycles. The van der Waals surface area contributed by atoms with Crippen LogP contribution in [0.3, 0.4) is 0 Å². The number of nitrogen functional groups attached to an aromatic ring is 1. The van der Waals surface area contributed by atoms with Crippen molar-refractivity contribution in [3.05, 3.63) is 23.8 Å². The van der Waals surface area contributed by atoms with Crippen molar-refractivity contribution in [3.63, 3.8) is 0 Å². The van der Waals surface area contributed by atoms with Gasteiger partial charge >= 0.3 is 0 Å². The molecule has 0 aromatic heterocycles. The summed E-state index contributed by atoms with van der Waals surface area (Å²) in [7, 11) is 0. The van der Waals surface area contributed by atoms with E-state index in [1.165, 1.54) is 25.1 Å². The number of rotatable bonds is 3. The third kappa shape index (κ3) is 2.73. The van der Waals surface area contributed by atoms with Crippen LogP contribution >= 0.6 is 0 Å². The highest BCUT2D eigenvalue weighted by Gasteiger charge is 2.18. The average molecular weight is 222 g/mol. The van der Waals surface area contributed by atoms with Crippen molar-refractivity contribution < 1.29 is 14.7 Å². The van der Waals surface area contributed by atoms with Crippen molar-refractivity contribution in [2.24, 2.45) is 0 Å². The van der Waals surface area contributed by atoms with Crippen LogP contribution in [0.1, 0.15) is 24.2 Å². The van der Waals surface area contributed by atoms with E-state index < -0.39 is 6.04 Å². The molecule has 1 amide bonds. The molecule has 86 valence electrons. The van der Waals surface area contributed by atoms with Crippen LogP contribution in [0, 0.1) is 0 Å². The van der Waals surface area contributed by atoms with Gasteiger partial charge in [-0.2, -0.15) is 0 Å². The Morgan fingerprint density at radius 3 is 2.62 bits per heavy atom.